The molecule has 0 unspecified atom stereocenters. The quantitative estimate of drug-likeness (QED) is 0.186. The van der Waals surface area contributed by atoms with Gasteiger partial charge in [0.2, 0.25) is 0 Å². The molecule has 1 heteroatoms. The lowest BCUT2D eigenvalue weighted by Gasteiger charge is -2.18. The average molecular weight is 639 g/mol. The molecule has 0 saturated carbocycles. The Kier molecular flexibility index (Phi) is 7.25. The summed E-state index contributed by atoms with van der Waals surface area (Å²) in [7, 11) is 0. The van der Waals surface area contributed by atoms with Crippen molar-refractivity contribution in [3.05, 3.63) is 188 Å². The van der Waals surface area contributed by atoms with E-state index in [0.717, 1.165) is 27.8 Å². The molecule has 236 valence electrons. The summed E-state index contributed by atoms with van der Waals surface area (Å²) in [5.41, 5.74) is 12.5. The van der Waals surface area contributed by atoms with Crippen molar-refractivity contribution >= 4 is 32.3 Å². The summed E-state index contributed by atoms with van der Waals surface area (Å²) in [5, 5.41) is 18.3. The lowest BCUT2D eigenvalue weighted by atomic mass is 9.85. The molecule has 1 nitrogen and oxygen atoms in total. The Bertz CT molecular complexity index is 2650. The smallest absolute Gasteiger partial charge is 0.123 e. The molecule has 0 aliphatic carbocycles. The predicted molar refractivity (Wildman–Crippen MR) is 213 cm³/mol. The maximum Gasteiger partial charge on any atom is 0.123 e. The molecule has 0 heterocycles. The van der Waals surface area contributed by atoms with Crippen molar-refractivity contribution in [2.24, 2.45) is 0 Å². The van der Waals surface area contributed by atoms with Crippen molar-refractivity contribution in [3.8, 4) is 61.4 Å². The van der Waals surface area contributed by atoms with Gasteiger partial charge in [-0.05, 0) is 113 Å². The Labute approximate surface area is 292 Å². The van der Waals surface area contributed by atoms with Gasteiger partial charge in [-0.25, -0.2) is 0 Å². The molecule has 1 N–H and O–H groups in total. The fourth-order valence-corrected chi connectivity index (χ4v) is 7.70. The van der Waals surface area contributed by atoms with Crippen LogP contribution in [0.25, 0.3) is 88.0 Å². The summed E-state index contributed by atoms with van der Waals surface area (Å²) < 4.78 is 0. The van der Waals surface area contributed by atoms with Gasteiger partial charge in [0, 0.05) is 5.56 Å². The van der Waals surface area contributed by atoms with Gasteiger partial charge < -0.3 is 5.11 Å². The molecule has 50 heavy (non-hydrogen) atoms. The second-order valence-electron chi connectivity index (χ2n) is 13.1. The first kappa shape index (κ1) is 29.7. The van der Waals surface area contributed by atoms with Crippen LogP contribution < -0.4 is 0 Å². The van der Waals surface area contributed by atoms with E-state index >= 15 is 0 Å². The van der Waals surface area contributed by atoms with Crippen LogP contribution in [0.1, 0.15) is 5.56 Å². The molecular weight excluding hydrogens is 605 g/mol. The second-order valence-corrected chi connectivity index (χ2v) is 13.1. The first-order valence-corrected chi connectivity index (χ1v) is 17.2. The van der Waals surface area contributed by atoms with E-state index in [1.807, 2.05) is 24.3 Å². The van der Waals surface area contributed by atoms with Crippen LogP contribution in [-0.4, -0.2) is 5.11 Å². The predicted octanol–water partition coefficient (Wildman–Crippen LogP) is 13.5. The molecule has 0 fully saturated rings. The summed E-state index contributed by atoms with van der Waals surface area (Å²) in [6, 6.07) is 64.8. The normalized spacial score (nSPS) is 11.4. The SMILES string of the molecule is Cc1ccccc1-c1cc(-c2cccc(-c3c4ccccc4c(-c4ccc(-c5cccc6ccccc56)cc4)c4ccccc34)c2)ccc1O. The number of phenolic OH excluding ortho intramolecular Hbond substituents is 1. The fourth-order valence-electron chi connectivity index (χ4n) is 7.70. The van der Waals surface area contributed by atoms with E-state index in [4.69, 9.17) is 0 Å². The van der Waals surface area contributed by atoms with E-state index < -0.39 is 0 Å². The molecule has 9 aromatic rings. The third kappa shape index (κ3) is 5.03. The molecule has 0 radical (unpaired) electrons. The highest BCUT2D eigenvalue weighted by Gasteiger charge is 2.18. The van der Waals surface area contributed by atoms with Gasteiger partial charge in [-0.15, -0.1) is 0 Å². The third-order valence-corrected chi connectivity index (χ3v) is 10.1. The van der Waals surface area contributed by atoms with Gasteiger partial charge >= 0.3 is 0 Å². The molecule has 0 aromatic heterocycles. The Morgan fingerprint density at radius 2 is 0.800 bits per heavy atom. The van der Waals surface area contributed by atoms with Gasteiger partial charge in [0.05, 0.1) is 0 Å². The molecule has 0 amide bonds. The molecule has 0 aliphatic rings. The Morgan fingerprint density at radius 3 is 1.50 bits per heavy atom. The molecule has 9 aromatic carbocycles. The lowest BCUT2D eigenvalue weighted by Crippen LogP contribution is -1.91. The minimum Gasteiger partial charge on any atom is -0.507 e. The highest BCUT2D eigenvalue weighted by atomic mass is 16.3. The van der Waals surface area contributed by atoms with Crippen molar-refractivity contribution in [2.45, 2.75) is 6.92 Å². The standard InChI is InChI=1S/C49H34O/c1-32-12-2-4-17-39(32)46-31-37(28-29-47(46)50)36-15-10-16-38(30-36)49-44-21-8-6-19-42(44)48(43-20-7-9-22-45(43)49)35-26-24-34(25-27-35)41-23-11-14-33-13-3-5-18-40(33)41/h2-31,50H,1H3. The molecule has 9 rings (SSSR count). The summed E-state index contributed by atoms with van der Waals surface area (Å²) in [6.07, 6.45) is 0. The summed E-state index contributed by atoms with van der Waals surface area (Å²) in [4.78, 5) is 0. The maximum absolute atomic E-state index is 10.9. The number of phenols is 1. The van der Waals surface area contributed by atoms with Crippen LogP contribution in [0, 0.1) is 6.92 Å². The van der Waals surface area contributed by atoms with E-state index in [2.05, 4.69) is 165 Å². The van der Waals surface area contributed by atoms with Gasteiger partial charge in [-0.3, -0.25) is 0 Å². The van der Waals surface area contributed by atoms with Crippen LogP contribution in [0.4, 0.5) is 0 Å². The number of hydrogen-bond acceptors (Lipinski definition) is 1. The monoisotopic (exact) mass is 638 g/mol. The molecule has 0 aliphatic heterocycles. The molecular formula is C49H34O. The zero-order valence-corrected chi connectivity index (χ0v) is 27.8. The molecule has 0 atom stereocenters. The Balaban J connectivity index is 1.19. The van der Waals surface area contributed by atoms with Crippen molar-refractivity contribution < 1.29 is 5.11 Å². The molecule has 0 spiro atoms. The lowest BCUT2D eigenvalue weighted by molar-refractivity contribution is 0.477. The molecule has 0 saturated heterocycles. The zero-order valence-electron chi connectivity index (χ0n) is 27.8. The van der Waals surface area contributed by atoms with Crippen molar-refractivity contribution in [1.82, 2.24) is 0 Å². The number of hydrogen-bond donors (Lipinski definition) is 1. The summed E-state index contributed by atoms with van der Waals surface area (Å²) >= 11 is 0. The van der Waals surface area contributed by atoms with Crippen LogP contribution in [0.5, 0.6) is 5.75 Å². The van der Waals surface area contributed by atoms with Crippen LogP contribution >= 0.6 is 0 Å². The first-order valence-electron chi connectivity index (χ1n) is 17.2. The first-order chi connectivity index (χ1) is 24.6. The van der Waals surface area contributed by atoms with Gasteiger partial charge in [0.1, 0.15) is 5.75 Å². The van der Waals surface area contributed by atoms with Crippen LogP contribution in [0.2, 0.25) is 0 Å². The van der Waals surface area contributed by atoms with Crippen molar-refractivity contribution in [2.75, 3.05) is 0 Å². The van der Waals surface area contributed by atoms with Gasteiger partial charge in [0.25, 0.3) is 0 Å². The highest BCUT2D eigenvalue weighted by Crippen LogP contribution is 2.45. The van der Waals surface area contributed by atoms with Gasteiger partial charge in [-0.1, -0.05) is 164 Å². The second kappa shape index (κ2) is 12.2. The fraction of sp³-hybridized carbons (Fsp3) is 0.0204. The average Bonchev–Trinajstić information content (AvgIpc) is 3.17. The van der Waals surface area contributed by atoms with E-state index in [-0.39, 0.29) is 5.75 Å². The topological polar surface area (TPSA) is 20.2 Å². The van der Waals surface area contributed by atoms with Crippen molar-refractivity contribution in [1.29, 1.82) is 0 Å². The Morgan fingerprint density at radius 1 is 0.320 bits per heavy atom. The van der Waals surface area contributed by atoms with Crippen LogP contribution in [-0.2, 0) is 0 Å². The van der Waals surface area contributed by atoms with E-state index in [1.54, 1.807) is 0 Å². The number of aromatic hydroxyl groups is 1. The van der Waals surface area contributed by atoms with Gasteiger partial charge in [0.15, 0.2) is 0 Å². The largest absolute Gasteiger partial charge is 0.507 e. The maximum atomic E-state index is 10.9. The van der Waals surface area contributed by atoms with Crippen LogP contribution in [0.15, 0.2) is 182 Å². The minimum absolute atomic E-state index is 0.289. The number of rotatable bonds is 5. The van der Waals surface area contributed by atoms with Gasteiger partial charge in [-0.2, -0.15) is 0 Å². The van der Waals surface area contributed by atoms with E-state index in [0.29, 0.717) is 0 Å². The molecule has 0 bridgehead atoms. The Hall–Kier alpha value is -6.44. The number of aryl methyl sites for hydroxylation is 1. The number of benzene rings is 9. The summed E-state index contributed by atoms with van der Waals surface area (Å²) in [6.45, 7) is 2.08. The van der Waals surface area contributed by atoms with Crippen LogP contribution in [0.3, 0.4) is 0 Å². The number of fused-ring (bicyclic) bond motifs is 3. The van der Waals surface area contributed by atoms with E-state index in [1.165, 1.54) is 65.7 Å². The summed E-state index contributed by atoms with van der Waals surface area (Å²) in [5.74, 6) is 0.289. The van der Waals surface area contributed by atoms with E-state index in [9.17, 15) is 5.11 Å². The minimum atomic E-state index is 0.289. The third-order valence-electron chi connectivity index (χ3n) is 10.1. The van der Waals surface area contributed by atoms with Crippen molar-refractivity contribution in [3.63, 3.8) is 0 Å². The zero-order chi connectivity index (χ0) is 33.6. The highest BCUT2D eigenvalue weighted by molar-refractivity contribution is 6.21.